The predicted molar refractivity (Wildman–Crippen MR) is 133 cm³/mol. The Morgan fingerprint density at radius 2 is 1.90 bits per heavy atom. The fourth-order valence-corrected chi connectivity index (χ4v) is 4.37. The molecule has 1 aromatic heterocycles. The van der Waals surface area contributed by atoms with E-state index in [1.165, 1.54) is 18.2 Å². The molecule has 3 heterocycles. The average molecular weight is 579 g/mol. The van der Waals surface area contributed by atoms with Gasteiger partial charge in [0.15, 0.2) is 18.1 Å². The highest BCUT2D eigenvalue weighted by atomic mass is 16.7. The topological polar surface area (TPSA) is 279 Å². The van der Waals surface area contributed by atoms with E-state index in [2.05, 4.69) is 5.32 Å². The molecule has 0 bridgehead atoms. The fourth-order valence-electron chi connectivity index (χ4n) is 4.37. The molecule has 8 N–H and O–H groups in total. The average Bonchev–Trinajstić information content (AvgIpc) is 3.24. The number of nitrogens with zero attached hydrogens (tertiary/aromatic N) is 2. The van der Waals surface area contributed by atoms with Gasteiger partial charge in [0.1, 0.15) is 30.1 Å². The largest absolute Gasteiger partial charge is 0.456 e. The first-order chi connectivity index (χ1) is 19.4. The molecule has 1 fully saturated rings. The van der Waals surface area contributed by atoms with Crippen molar-refractivity contribution >= 4 is 23.2 Å². The molecule has 8 atom stereocenters. The summed E-state index contributed by atoms with van der Waals surface area (Å²) in [5, 5.41) is 54.9. The van der Waals surface area contributed by atoms with Crippen molar-refractivity contribution in [1.82, 2.24) is 9.55 Å². The van der Waals surface area contributed by atoms with Crippen LogP contribution in [0.25, 0.3) is 0 Å². The second-order valence-corrected chi connectivity index (χ2v) is 9.03. The number of aliphatic hydroxyl groups is 4. The van der Waals surface area contributed by atoms with Gasteiger partial charge >= 0.3 is 5.69 Å². The van der Waals surface area contributed by atoms with Crippen molar-refractivity contribution in [2.75, 3.05) is 11.9 Å². The third-order valence-corrected chi connectivity index (χ3v) is 6.41. The van der Waals surface area contributed by atoms with Crippen molar-refractivity contribution in [2.45, 2.75) is 43.0 Å². The molecule has 41 heavy (non-hydrogen) atoms. The number of amides is 2. The van der Waals surface area contributed by atoms with Gasteiger partial charge in [-0.2, -0.15) is 0 Å². The van der Waals surface area contributed by atoms with Crippen LogP contribution < -0.4 is 22.3 Å². The van der Waals surface area contributed by atoms with E-state index in [1.807, 2.05) is 4.98 Å². The highest BCUT2D eigenvalue weighted by Crippen LogP contribution is 2.36. The van der Waals surface area contributed by atoms with Gasteiger partial charge in [-0.25, -0.2) is 4.79 Å². The zero-order chi connectivity index (χ0) is 30.0. The summed E-state index contributed by atoms with van der Waals surface area (Å²) in [7, 11) is 0. The lowest BCUT2D eigenvalue weighted by atomic mass is 9.94. The number of hydrogen-bond donors (Lipinski definition) is 7. The minimum atomic E-state index is -1.95. The molecule has 0 unspecified atom stereocenters. The van der Waals surface area contributed by atoms with Crippen LogP contribution in [-0.2, 0) is 23.8 Å². The van der Waals surface area contributed by atoms with Crippen LogP contribution in [0.2, 0.25) is 0 Å². The molecule has 0 saturated carbocycles. The van der Waals surface area contributed by atoms with Gasteiger partial charge in [0.05, 0.1) is 11.5 Å². The van der Waals surface area contributed by atoms with Gasteiger partial charge in [0, 0.05) is 24.2 Å². The number of nitrogens with two attached hydrogens (primary N) is 1. The monoisotopic (exact) mass is 579 g/mol. The lowest BCUT2D eigenvalue weighted by Crippen LogP contribution is -2.52. The molecule has 4 rings (SSSR count). The normalized spacial score (nSPS) is 28.3. The molecule has 2 aliphatic rings. The van der Waals surface area contributed by atoms with Crippen LogP contribution in [0.15, 0.2) is 58.0 Å². The fraction of sp³-hybridized carbons (Fsp3) is 0.391. The maximum atomic E-state index is 12.8. The molecule has 0 spiro atoms. The summed E-state index contributed by atoms with van der Waals surface area (Å²) in [5.74, 6) is -4.24. The maximum Gasteiger partial charge on any atom is 0.330 e. The van der Waals surface area contributed by atoms with E-state index in [-0.39, 0.29) is 5.69 Å². The highest BCUT2D eigenvalue weighted by Gasteiger charge is 2.51. The van der Waals surface area contributed by atoms with Crippen molar-refractivity contribution in [2.24, 2.45) is 11.7 Å². The third-order valence-electron chi connectivity index (χ3n) is 6.41. The summed E-state index contributed by atoms with van der Waals surface area (Å²) >= 11 is 0. The quantitative estimate of drug-likeness (QED) is 0.114. The van der Waals surface area contributed by atoms with Crippen LogP contribution in [0.3, 0.4) is 0 Å². The summed E-state index contributed by atoms with van der Waals surface area (Å²) in [5.41, 5.74) is 3.12. The molecule has 0 radical (unpaired) electrons. The van der Waals surface area contributed by atoms with E-state index in [9.17, 15) is 49.7 Å². The van der Waals surface area contributed by atoms with E-state index < -0.39 is 95.0 Å². The number of hydrogen-bond acceptors (Lipinski definition) is 13. The van der Waals surface area contributed by atoms with Crippen LogP contribution in [0.5, 0.6) is 0 Å². The van der Waals surface area contributed by atoms with Gasteiger partial charge in [-0.3, -0.25) is 34.0 Å². The molecular formula is C23H25N5O13. The third kappa shape index (κ3) is 6.01. The van der Waals surface area contributed by atoms with E-state index >= 15 is 0 Å². The number of benzene rings is 1. The number of rotatable bonds is 9. The summed E-state index contributed by atoms with van der Waals surface area (Å²) < 4.78 is 17.3. The summed E-state index contributed by atoms with van der Waals surface area (Å²) in [4.78, 5) is 61.3. The Kier molecular flexibility index (Phi) is 8.61. The number of carbonyl (C=O) groups is 2. The van der Waals surface area contributed by atoms with Crippen molar-refractivity contribution in [3.63, 3.8) is 0 Å². The number of carbonyl (C=O) groups excluding carboxylic acids is 2. The molecular weight excluding hydrogens is 554 g/mol. The Hall–Kier alpha value is -4.46. The van der Waals surface area contributed by atoms with Gasteiger partial charge in [0.2, 0.25) is 12.2 Å². The van der Waals surface area contributed by atoms with E-state index in [1.54, 1.807) is 0 Å². The SMILES string of the molecule is NC(=O)[C@H](O[C@H]1OC(C(=O)Nc2ccccc2[N+](=O)[O-])=C[C@H](O)[C@@H]1O)[C@H]1O[C@@H](n2ccc(=O)[nH]c2=O)[C@H](O)[C@@H]1CO. The molecule has 0 aliphatic carbocycles. The number of anilines is 1. The zero-order valence-electron chi connectivity index (χ0n) is 20.8. The van der Waals surface area contributed by atoms with Crippen LogP contribution in [0.1, 0.15) is 6.23 Å². The molecule has 18 nitrogen and oxygen atoms in total. The Bertz CT molecular complexity index is 1470. The highest BCUT2D eigenvalue weighted by molar-refractivity contribution is 6.03. The lowest BCUT2D eigenvalue weighted by molar-refractivity contribution is -0.383. The van der Waals surface area contributed by atoms with Crippen molar-refractivity contribution in [3.05, 3.63) is 79.3 Å². The molecule has 220 valence electrons. The number of ether oxygens (including phenoxy) is 3. The molecule has 1 saturated heterocycles. The van der Waals surface area contributed by atoms with Crippen LogP contribution in [-0.4, -0.2) is 90.1 Å². The minimum Gasteiger partial charge on any atom is -0.456 e. The number of primary amides is 1. The number of para-hydroxylation sites is 2. The number of aliphatic hydroxyl groups excluding tert-OH is 4. The predicted octanol–water partition coefficient (Wildman–Crippen LogP) is -3.22. The van der Waals surface area contributed by atoms with Gasteiger partial charge in [0.25, 0.3) is 17.2 Å². The number of nitrogens with one attached hydrogen (secondary N) is 2. The van der Waals surface area contributed by atoms with Crippen molar-refractivity contribution in [3.8, 4) is 0 Å². The number of nitro benzene ring substituents is 1. The van der Waals surface area contributed by atoms with Crippen LogP contribution in [0.4, 0.5) is 11.4 Å². The molecule has 1 aromatic carbocycles. The summed E-state index contributed by atoms with van der Waals surface area (Å²) in [6, 6.07) is 6.14. The van der Waals surface area contributed by atoms with Gasteiger partial charge in [-0.1, -0.05) is 12.1 Å². The minimum absolute atomic E-state index is 0.206. The molecule has 2 amide bonds. The molecule has 2 aliphatic heterocycles. The number of H-pyrrole nitrogens is 1. The lowest BCUT2D eigenvalue weighted by Gasteiger charge is -2.35. The molecule has 18 heteroatoms. The summed E-state index contributed by atoms with van der Waals surface area (Å²) in [6.07, 6.45) is -10.4. The maximum absolute atomic E-state index is 12.8. The van der Waals surface area contributed by atoms with E-state index in [0.717, 1.165) is 29.0 Å². The standard InChI is InChI=1S/C23H25N5O13/c24-19(34)18(17-9(8-29)15(32)21(40-17)27-6-5-14(31)26-23(27)36)41-22-16(33)12(30)7-13(39-22)20(35)25-10-3-1-2-4-11(10)28(37)38/h1-7,9,12,15-18,21-22,29-30,32-33H,8H2,(H2,24,34)(H,25,35)(H,26,31,36)/t9-,12-,15+,16-,17-,18+,21+,22+/m0/s1. The van der Waals surface area contributed by atoms with Crippen molar-refractivity contribution in [1.29, 1.82) is 0 Å². The first-order valence-corrected chi connectivity index (χ1v) is 11.9. The van der Waals surface area contributed by atoms with Crippen LogP contribution >= 0.6 is 0 Å². The number of aromatic nitrogens is 2. The zero-order valence-corrected chi connectivity index (χ0v) is 20.8. The number of aromatic amines is 1. The van der Waals surface area contributed by atoms with Crippen LogP contribution in [0, 0.1) is 16.0 Å². The molecule has 2 aromatic rings. The van der Waals surface area contributed by atoms with Gasteiger partial charge in [-0.15, -0.1) is 0 Å². The summed E-state index contributed by atoms with van der Waals surface area (Å²) in [6.45, 7) is -0.798. The first kappa shape index (κ1) is 29.5. The first-order valence-electron chi connectivity index (χ1n) is 11.9. The van der Waals surface area contributed by atoms with Crippen molar-refractivity contribution < 1.29 is 49.1 Å². The Morgan fingerprint density at radius 3 is 2.54 bits per heavy atom. The van der Waals surface area contributed by atoms with Gasteiger partial charge in [-0.05, 0) is 12.1 Å². The number of nitro groups is 1. The smallest absolute Gasteiger partial charge is 0.330 e. The Morgan fingerprint density at radius 1 is 1.20 bits per heavy atom. The second-order valence-electron chi connectivity index (χ2n) is 9.03. The van der Waals surface area contributed by atoms with E-state index in [0.29, 0.717) is 0 Å². The second kappa shape index (κ2) is 12.0. The van der Waals surface area contributed by atoms with E-state index in [4.69, 9.17) is 19.9 Å². The Balaban J connectivity index is 1.56. The Labute approximate surface area is 228 Å². The van der Waals surface area contributed by atoms with Gasteiger partial charge < -0.3 is 45.7 Å².